The number of hydrogen-bond acceptors (Lipinski definition) is 12. The zero-order valence-corrected chi connectivity index (χ0v) is 36.2. The van der Waals surface area contributed by atoms with Crippen molar-refractivity contribution in [2.45, 2.75) is 179 Å². The molecule has 0 saturated carbocycles. The molecule has 54 heavy (non-hydrogen) atoms. The third-order valence-corrected chi connectivity index (χ3v) is 12.7. The van der Waals surface area contributed by atoms with Crippen molar-refractivity contribution in [2.75, 3.05) is 27.7 Å². The smallest absolute Gasteiger partial charge is 0.311 e. The van der Waals surface area contributed by atoms with Crippen molar-refractivity contribution in [3.8, 4) is 12.3 Å². The van der Waals surface area contributed by atoms with E-state index in [0.29, 0.717) is 29.6 Å². The Kier molecular flexibility index (Phi) is 15.4. The number of aliphatic hydroxyl groups excluding tert-OH is 3. The number of halogens is 1. The summed E-state index contributed by atoms with van der Waals surface area (Å²) in [5.74, 6) is 0.309. The van der Waals surface area contributed by atoms with Gasteiger partial charge in [0.1, 0.15) is 47.9 Å². The Hall–Kier alpha value is -1.35. The van der Waals surface area contributed by atoms with Crippen molar-refractivity contribution >= 4 is 5.97 Å². The van der Waals surface area contributed by atoms with Crippen LogP contribution in [0.1, 0.15) is 94.9 Å². The van der Waals surface area contributed by atoms with E-state index in [1.807, 2.05) is 41.8 Å². The van der Waals surface area contributed by atoms with Crippen LogP contribution in [0.4, 0.5) is 0 Å². The SMILES string of the molecule is C#CC[N+](C)(C)[C@@H]1C[C@@H](C)O[C@@H](O[C@@H]2C(C)C(O[C@H]3C[C@@](C)(OC)[C@@H](O)[C@@H](C)O3)C(C)C(=O)OC(CC)[C@@](C)(O)[C@H](O)[C@@H](C)C3=C(C)C[C@]2(C)O3)[C@@H]1O.[Br-]. The molecule has 14 heteroatoms. The summed E-state index contributed by atoms with van der Waals surface area (Å²) in [5, 5.41) is 46.4. The van der Waals surface area contributed by atoms with Crippen LogP contribution < -0.4 is 17.0 Å². The first kappa shape index (κ1) is 47.0. The molecule has 2 bridgehead atoms. The van der Waals surface area contributed by atoms with E-state index in [2.05, 4.69) is 5.92 Å². The van der Waals surface area contributed by atoms with Crippen molar-refractivity contribution < 1.29 is 79.8 Å². The maximum atomic E-state index is 14.2. The van der Waals surface area contributed by atoms with E-state index in [9.17, 15) is 25.2 Å². The first-order valence-corrected chi connectivity index (χ1v) is 19.3. The average molecular weight is 835 g/mol. The Bertz CT molecular complexity index is 1370. The van der Waals surface area contributed by atoms with Crippen LogP contribution in [0.2, 0.25) is 0 Å². The van der Waals surface area contributed by atoms with Gasteiger partial charge in [-0.05, 0) is 66.4 Å². The van der Waals surface area contributed by atoms with Crippen LogP contribution in [-0.2, 0) is 38.0 Å². The van der Waals surface area contributed by atoms with E-state index < -0.39 is 95.8 Å². The van der Waals surface area contributed by atoms with E-state index in [1.54, 1.807) is 34.6 Å². The number of cyclic esters (lactones) is 1. The quantitative estimate of drug-likeness (QED) is 0.148. The van der Waals surface area contributed by atoms with Crippen molar-refractivity contribution in [3.05, 3.63) is 11.3 Å². The molecule has 4 N–H and O–H groups in total. The van der Waals surface area contributed by atoms with Gasteiger partial charge >= 0.3 is 5.97 Å². The third-order valence-electron chi connectivity index (χ3n) is 12.7. The van der Waals surface area contributed by atoms with Gasteiger partial charge in [0.2, 0.25) is 0 Å². The van der Waals surface area contributed by atoms with Gasteiger partial charge in [0.05, 0.1) is 50.0 Å². The van der Waals surface area contributed by atoms with Gasteiger partial charge in [-0.2, -0.15) is 0 Å². The van der Waals surface area contributed by atoms with Crippen LogP contribution in [0, 0.1) is 30.1 Å². The van der Waals surface area contributed by atoms with E-state index in [4.69, 9.17) is 39.6 Å². The standard InChI is InChI=1S/C40H68NO12.BrH/c1-15-17-41(12,13)27-18-22(4)48-37(30(27)42)52-35-24(6)32(51-29-20-38(9,47-14)34(44)26(8)49-29)25(7)36(45)50-28(16-2)40(11,46)33(43)23(5)31-21(3)19-39(35,10)53-31;/h1,22-30,32-35,37,42-44,46H,16-20H2,2-14H3;1H/q+1;/p-1/t22-,23+,24?,25?,26-,27-,28?,29+,30-,32?,33-,34+,35-,37+,38-,39+,40-;/m1./s1. The predicted octanol–water partition coefficient (Wildman–Crippen LogP) is 0.0443. The number of likely N-dealkylation sites (N-methyl/N-ethyl adjacent to an activating group) is 1. The second kappa shape index (κ2) is 17.6. The van der Waals surface area contributed by atoms with E-state index in [-0.39, 0.29) is 42.0 Å². The summed E-state index contributed by atoms with van der Waals surface area (Å²) < 4.78 is 45.3. The van der Waals surface area contributed by atoms with Crippen LogP contribution in [0.3, 0.4) is 0 Å². The topological polar surface area (TPSA) is 163 Å². The first-order valence-electron chi connectivity index (χ1n) is 19.3. The largest absolute Gasteiger partial charge is 1.00 e. The maximum Gasteiger partial charge on any atom is 0.311 e. The molecule has 13 nitrogen and oxygen atoms in total. The molecule has 4 aliphatic rings. The fourth-order valence-corrected chi connectivity index (χ4v) is 9.26. The highest BCUT2D eigenvalue weighted by Crippen LogP contribution is 2.47. The Morgan fingerprint density at radius 2 is 1.63 bits per heavy atom. The molecule has 17 atom stereocenters. The minimum atomic E-state index is -1.84. The number of carbonyl (C=O) groups is 1. The molecule has 0 amide bonds. The molecule has 3 saturated heterocycles. The fourth-order valence-electron chi connectivity index (χ4n) is 9.26. The number of quaternary nitrogens is 1. The summed E-state index contributed by atoms with van der Waals surface area (Å²) in [6.07, 6.45) is -2.11. The molecule has 0 aromatic heterocycles. The Morgan fingerprint density at radius 1 is 1.00 bits per heavy atom. The van der Waals surface area contributed by atoms with Crippen LogP contribution >= 0.6 is 0 Å². The summed E-state index contributed by atoms with van der Waals surface area (Å²) >= 11 is 0. The molecular formula is C40H68BrNO12. The number of ether oxygens (including phenoxy) is 7. The van der Waals surface area contributed by atoms with Gasteiger partial charge in [-0.25, -0.2) is 0 Å². The second-order valence-electron chi connectivity index (χ2n) is 17.5. The Labute approximate surface area is 333 Å². The monoisotopic (exact) mass is 833 g/mol. The highest BCUT2D eigenvalue weighted by molar-refractivity contribution is 5.73. The van der Waals surface area contributed by atoms with Gasteiger partial charge in [0.25, 0.3) is 0 Å². The molecule has 312 valence electrons. The van der Waals surface area contributed by atoms with Crippen molar-refractivity contribution in [2.24, 2.45) is 17.8 Å². The maximum absolute atomic E-state index is 14.2. The lowest BCUT2D eigenvalue weighted by molar-refractivity contribution is -0.915. The summed E-state index contributed by atoms with van der Waals surface area (Å²) in [4.78, 5) is 14.2. The lowest BCUT2D eigenvalue weighted by atomic mass is 9.78. The molecule has 0 spiro atoms. The van der Waals surface area contributed by atoms with Gasteiger partial charge in [-0.3, -0.25) is 4.79 Å². The van der Waals surface area contributed by atoms with Crippen molar-refractivity contribution in [1.29, 1.82) is 0 Å². The molecule has 0 aromatic carbocycles. The molecule has 0 aromatic rings. The Morgan fingerprint density at radius 3 is 2.20 bits per heavy atom. The zero-order valence-electron chi connectivity index (χ0n) is 34.6. The van der Waals surface area contributed by atoms with Gasteiger partial charge < -0.3 is 75.0 Å². The summed E-state index contributed by atoms with van der Waals surface area (Å²) in [7, 11) is 5.47. The fraction of sp³-hybridized carbons (Fsp3) is 0.875. The number of aliphatic hydroxyl groups is 4. The van der Waals surface area contributed by atoms with Crippen LogP contribution in [0.25, 0.3) is 0 Å². The molecule has 0 radical (unpaired) electrons. The number of methoxy groups -OCH3 is 1. The summed E-state index contributed by atoms with van der Waals surface area (Å²) in [5.41, 5.74) is -3.08. The zero-order chi connectivity index (χ0) is 40.0. The minimum Gasteiger partial charge on any atom is -1.00 e. The number of fused-ring (bicyclic) bond motifs is 2. The van der Waals surface area contributed by atoms with Crippen LogP contribution in [-0.4, -0.2) is 143 Å². The van der Waals surface area contributed by atoms with E-state index in [1.165, 1.54) is 14.0 Å². The summed E-state index contributed by atoms with van der Waals surface area (Å²) in [6.45, 7) is 18.3. The van der Waals surface area contributed by atoms with Gasteiger partial charge in [0, 0.05) is 38.2 Å². The average Bonchev–Trinajstić information content (AvgIpc) is 3.40. The molecule has 4 rings (SSSR count). The lowest BCUT2D eigenvalue weighted by Gasteiger charge is -2.49. The highest BCUT2D eigenvalue weighted by atomic mass is 79.9. The molecule has 4 heterocycles. The minimum absolute atomic E-state index is 0. The number of terminal acetylenes is 1. The van der Waals surface area contributed by atoms with Crippen molar-refractivity contribution in [3.63, 3.8) is 0 Å². The van der Waals surface area contributed by atoms with Gasteiger partial charge in [-0.15, -0.1) is 6.42 Å². The molecule has 0 aliphatic carbocycles. The molecule has 3 fully saturated rings. The number of nitrogens with zero attached hydrogens (tertiary/aromatic N) is 1. The van der Waals surface area contributed by atoms with E-state index >= 15 is 0 Å². The van der Waals surface area contributed by atoms with Crippen LogP contribution in [0.15, 0.2) is 11.3 Å². The number of esters is 1. The molecular weight excluding hydrogens is 766 g/mol. The predicted molar refractivity (Wildman–Crippen MR) is 196 cm³/mol. The number of rotatable bonds is 8. The molecule has 4 unspecified atom stereocenters. The van der Waals surface area contributed by atoms with Gasteiger partial charge in [-0.1, -0.05) is 20.8 Å². The Balaban J connectivity index is 0.00000784. The number of hydrogen-bond donors (Lipinski definition) is 4. The van der Waals surface area contributed by atoms with Crippen LogP contribution in [0.5, 0.6) is 0 Å². The van der Waals surface area contributed by atoms with E-state index in [0.717, 1.165) is 5.57 Å². The normalized spacial score (nSPS) is 46.6. The van der Waals surface area contributed by atoms with Crippen molar-refractivity contribution in [1.82, 2.24) is 0 Å². The third kappa shape index (κ3) is 9.18. The second-order valence-corrected chi connectivity index (χ2v) is 17.5. The first-order chi connectivity index (χ1) is 24.5. The molecule has 4 aliphatic heterocycles. The lowest BCUT2D eigenvalue weighted by Crippen LogP contribution is -3.00. The number of carbonyl (C=O) groups excluding carboxylic acids is 1. The highest BCUT2D eigenvalue weighted by Gasteiger charge is 2.57. The van der Waals surface area contributed by atoms with Gasteiger partial charge in [0.15, 0.2) is 18.7 Å². The summed E-state index contributed by atoms with van der Waals surface area (Å²) in [6, 6.07) is -0.308.